The summed E-state index contributed by atoms with van der Waals surface area (Å²) in [6.45, 7) is 8.85. The van der Waals surface area contributed by atoms with Gasteiger partial charge in [-0.15, -0.1) is 0 Å². The van der Waals surface area contributed by atoms with Crippen LogP contribution in [-0.2, 0) is 0 Å². The number of hydrogen-bond acceptors (Lipinski definition) is 2. The normalized spacial score (nSPS) is 36.9. The largest absolute Gasteiger partial charge is 0.392 e. The van der Waals surface area contributed by atoms with Crippen LogP contribution in [0.1, 0.15) is 53.4 Å². The molecule has 1 aliphatic carbocycles. The van der Waals surface area contributed by atoms with Gasteiger partial charge in [0.1, 0.15) is 0 Å². The highest BCUT2D eigenvalue weighted by Gasteiger charge is 2.41. The van der Waals surface area contributed by atoms with Crippen molar-refractivity contribution in [3.63, 3.8) is 0 Å². The number of aliphatic hydroxyl groups excluding tert-OH is 1. The van der Waals surface area contributed by atoms with E-state index in [2.05, 4.69) is 27.7 Å². The number of hydrogen-bond donors (Lipinski definition) is 2. The highest BCUT2D eigenvalue weighted by Crippen LogP contribution is 2.39. The Labute approximate surface area is 101 Å². The van der Waals surface area contributed by atoms with Crippen molar-refractivity contribution in [1.82, 2.24) is 0 Å². The van der Waals surface area contributed by atoms with Crippen molar-refractivity contribution in [3.8, 4) is 0 Å². The lowest BCUT2D eigenvalue weighted by Gasteiger charge is -2.29. The zero-order valence-electron chi connectivity index (χ0n) is 11.3. The van der Waals surface area contributed by atoms with E-state index in [1.165, 1.54) is 12.8 Å². The highest BCUT2D eigenvalue weighted by molar-refractivity contribution is 4.93. The molecule has 0 bridgehead atoms. The molecule has 3 N–H and O–H groups in total. The smallest absolute Gasteiger partial charge is 0.0611 e. The van der Waals surface area contributed by atoms with Gasteiger partial charge < -0.3 is 10.8 Å². The minimum Gasteiger partial charge on any atom is -0.392 e. The van der Waals surface area contributed by atoms with Crippen molar-refractivity contribution in [2.24, 2.45) is 29.4 Å². The fraction of sp³-hybridized carbons (Fsp3) is 1.00. The first-order valence-corrected chi connectivity index (χ1v) is 6.94. The van der Waals surface area contributed by atoms with Crippen molar-refractivity contribution < 1.29 is 5.11 Å². The van der Waals surface area contributed by atoms with Gasteiger partial charge in [-0.25, -0.2) is 0 Å². The van der Waals surface area contributed by atoms with E-state index in [4.69, 9.17) is 5.73 Å². The molecule has 0 aromatic heterocycles. The van der Waals surface area contributed by atoms with Crippen molar-refractivity contribution >= 4 is 0 Å². The third-order valence-electron chi connectivity index (χ3n) is 4.63. The summed E-state index contributed by atoms with van der Waals surface area (Å²) in [4.78, 5) is 0. The maximum absolute atomic E-state index is 10.2. The molecule has 2 heteroatoms. The quantitative estimate of drug-likeness (QED) is 0.758. The molecule has 0 spiro atoms. The zero-order valence-corrected chi connectivity index (χ0v) is 11.3. The third kappa shape index (κ3) is 2.98. The molecule has 2 nitrogen and oxygen atoms in total. The van der Waals surface area contributed by atoms with Gasteiger partial charge in [-0.1, -0.05) is 40.5 Å². The van der Waals surface area contributed by atoms with E-state index in [-0.39, 0.29) is 12.1 Å². The Balaban J connectivity index is 2.55. The number of nitrogens with two attached hydrogens (primary N) is 1. The van der Waals surface area contributed by atoms with E-state index < -0.39 is 0 Å². The van der Waals surface area contributed by atoms with Gasteiger partial charge in [-0.05, 0) is 30.6 Å². The summed E-state index contributed by atoms with van der Waals surface area (Å²) < 4.78 is 0. The minimum absolute atomic E-state index is 0.180. The molecule has 5 unspecified atom stereocenters. The molecule has 1 aliphatic rings. The fourth-order valence-corrected chi connectivity index (χ4v) is 3.44. The van der Waals surface area contributed by atoms with E-state index in [1.54, 1.807) is 0 Å². The summed E-state index contributed by atoms with van der Waals surface area (Å²) in [5.41, 5.74) is 6.31. The molecular formula is C14H29NO. The minimum atomic E-state index is -0.181. The first kappa shape index (κ1) is 14.0. The number of aliphatic hydroxyl groups is 1. The maximum Gasteiger partial charge on any atom is 0.0611 e. The summed E-state index contributed by atoms with van der Waals surface area (Å²) in [6.07, 6.45) is 4.43. The van der Waals surface area contributed by atoms with Crippen LogP contribution in [0.25, 0.3) is 0 Å². The van der Waals surface area contributed by atoms with Crippen molar-refractivity contribution in [1.29, 1.82) is 0 Å². The Morgan fingerprint density at radius 2 is 1.75 bits per heavy atom. The van der Waals surface area contributed by atoms with E-state index in [0.717, 1.165) is 18.8 Å². The first-order valence-electron chi connectivity index (χ1n) is 6.94. The lowest BCUT2D eigenvalue weighted by atomic mass is 9.82. The van der Waals surface area contributed by atoms with Gasteiger partial charge in [-0.3, -0.25) is 0 Å². The van der Waals surface area contributed by atoms with Crippen LogP contribution >= 0.6 is 0 Å². The molecule has 0 radical (unpaired) electrons. The molecule has 96 valence electrons. The Bertz CT molecular complexity index is 203. The van der Waals surface area contributed by atoms with Crippen LogP contribution in [-0.4, -0.2) is 17.3 Å². The summed E-state index contributed by atoms with van der Waals surface area (Å²) in [5.74, 6) is 2.04. The standard InChI is InChI=1S/C14H29NO/c1-5-11(6-2)8-12(15)13-9(3)7-10(4)14(13)16/h9-14,16H,5-8,15H2,1-4H3. The molecule has 16 heavy (non-hydrogen) atoms. The van der Waals surface area contributed by atoms with Crippen LogP contribution in [0.4, 0.5) is 0 Å². The average Bonchev–Trinajstić information content (AvgIpc) is 2.49. The molecular weight excluding hydrogens is 198 g/mol. The molecule has 5 atom stereocenters. The van der Waals surface area contributed by atoms with Crippen LogP contribution in [0.2, 0.25) is 0 Å². The lowest BCUT2D eigenvalue weighted by Crippen LogP contribution is -2.40. The van der Waals surface area contributed by atoms with Gasteiger partial charge in [0.25, 0.3) is 0 Å². The summed E-state index contributed by atoms with van der Waals surface area (Å²) in [6, 6.07) is 0.180. The lowest BCUT2D eigenvalue weighted by molar-refractivity contribution is 0.0718. The molecule has 1 rings (SSSR count). The van der Waals surface area contributed by atoms with Crippen molar-refractivity contribution in [2.45, 2.75) is 65.5 Å². The second-order valence-electron chi connectivity index (χ2n) is 5.84. The molecule has 0 aromatic rings. The van der Waals surface area contributed by atoms with E-state index in [9.17, 15) is 5.11 Å². The molecule has 1 saturated carbocycles. The van der Waals surface area contributed by atoms with Crippen molar-refractivity contribution in [2.75, 3.05) is 0 Å². The Kier molecular flexibility index (Phi) is 5.26. The van der Waals surface area contributed by atoms with Gasteiger partial charge >= 0.3 is 0 Å². The molecule has 0 aliphatic heterocycles. The summed E-state index contributed by atoms with van der Waals surface area (Å²) in [5, 5.41) is 10.2. The zero-order chi connectivity index (χ0) is 12.3. The van der Waals surface area contributed by atoms with E-state index >= 15 is 0 Å². The second-order valence-corrected chi connectivity index (χ2v) is 5.84. The Morgan fingerprint density at radius 1 is 1.19 bits per heavy atom. The fourth-order valence-electron chi connectivity index (χ4n) is 3.44. The second kappa shape index (κ2) is 6.02. The van der Waals surface area contributed by atoms with Crippen molar-refractivity contribution in [3.05, 3.63) is 0 Å². The third-order valence-corrected chi connectivity index (χ3v) is 4.63. The van der Waals surface area contributed by atoms with Gasteiger partial charge in [0.15, 0.2) is 0 Å². The van der Waals surface area contributed by atoms with Crippen LogP contribution in [0.3, 0.4) is 0 Å². The Hall–Kier alpha value is -0.0800. The molecule has 0 saturated heterocycles. The molecule has 0 heterocycles. The summed E-state index contributed by atoms with van der Waals surface area (Å²) >= 11 is 0. The van der Waals surface area contributed by atoms with Crippen LogP contribution in [0.5, 0.6) is 0 Å². The topological polar surface area (TPSA) is 46.2 Å². The SMILES string of the molecule is CCC(CC)CC(N)C1C(C)CC(C)C1O. The molecule has 0 amide bonds. The maximum atomic E-state index is 10.2. The van der Waals surface area contributed by atoms with Gasteiger partial charge in [0.2, 0.25) is 0 Å². The Morgan fingerprint density at radius 3 is 2.12 bits per heavy atom. The van der Waals surface area contributed by atoms with Gasteiger partial charge in [0.05, 0.1) is 6.10 Å². The van der Waals surface area contributed by atoms with Crippen LogP contribution in [0.15, 0.2) is 0 Å². The van der Waals surface area contributed by atoms with Gasteiger partial charge in [-0.2, -0.15) is 0 Å². The molecule has 0 aromatic carbocycles. The average molecular weight is 227 g/mol. The predicted octanol–water partition coefficient (Wildman–Crippen LogP) is 2.79. The monoisotopic (exact) mass is 227 g/mol. The van der Waals surface area contributed by atoms with Crippen LogP contribution < -0.4 is 5.73 Å². The first-order chi connectivity index (χ1) is 7.51. The van der Waals surface area contributed by atoms with Crippen LogP contribution in [0, 0.1) is 23.7 Å². The molecule has 1 fully saturated rings. The summed E-state index contributed by atoms with van der Waals surface area (Å²) in [7, 11) is 0. The van der Waals surface area contributed by atoms with Gasteiger partial charge in [0, 0.05) is 12.0 Å². The highest BCUT2D eigenvalue weighted by atomic mass is 16.3. The van der Waals surface area contributed by atoms with E-state index in [0.29, 0.717) is 17.8 Å². The number of rotatable bonds is 5. The van der Waals surface area contributed by atoms with E-state index in [1.807, 2.05) is 0 Å². The predicted molar refractivity (Wildman–Crippen MR) is 69.1 cm³/mol.